The largest absolute Gasteiger partial charge is 0.506 e. The number of hydrogen-bond donors (Lipinski definition) is 2. The first-order valence-electron chi connectivity index (χ1n) is 4.50. The van der Waals surface area contributed by atoms with Crippen molar-refractivity contribution in [3.05, 3.63) is 23.0 Å². The van der Waals surface area contributed by atoms with Crippen molar-refractivity contribution in [3.63, 3.8) is 0 Å². The van der Waals surface area contributed by atoms with Crippen LogP contribution in [0.5, 0.6) is 5.75 Å². The van der Waals surface area contributed by atoms with Crippen LogP contribution < -0.4 is 5.32 Å². The Morgan fingerprint density at radius 3 is 2.86 bits per heavy atom. The van der Waals surface area contributed by atoms with Gasteiger partial charge in [-0.3, -0.25) is 4.98 Å². The molecule has 78 valence electrons. The van der Waals surface area contributed by atoms with E-state index in [0.29, 0.717) is 18.0 Å². The molecule has 0 saturated heterocycles. The summed E-state index contributed by atoms with van der Waals surface area (Å²) < 4.78 is 0. The SMILES string of the molecule is CNCc1c(CSC)cnc(C)c1O. The van der Waals surface area contributed by atoms with Crippen LogP contribution in [0.3, 0.4) is 0 Å². The van der Waals surface area contributed by atoms with E-state index in [2.05, 4.69) is 10.3 Å². The first kappa shape index (κ1) is 11.3. The molecule has 1 aromatic heterocycles. The smallest absolute Gasteiger partial charge is 0.141 e. The maximum Gasteiger partial charge on any atom is 0.141 e. The normalized spacial score (nSPS) is 10.5. The van der Waals surface area contributed by atoms with Gasteiger partial charge in [-0.2, -0.15) is 11.8 Å². The first-order chi connectivity index (χ1) is 6.70. The highest BCUT2D eigenvalue weighted by Crippen LogP contribution is 2.25. The van der Waals surface area contributed by atoms with Gasteiger partial charge in [-0.05, 0) is 25.8 Å². The fraction of sp³-hybridized carbons (Fsp3) is 0.500. The molecule has 0 spiro atoms. The molecule has 0 aliphatic heterocycles. The predicted octanol–water partition coefficient (Wildman–Crippen LogP) is 1.68. The molecule has 0 atom stereocenters. The lowest BCUT2D eigenvalue weighted by molar-refractivity contribution is 0.457. The number of pyridine rings is 1. The summed E-state index contributed by atoms with van der Waals surface area (Å²) in [4.78, 5) is 4.15. The summed E-state index contributed by atoms with van der Waals surface area (Å²) in [6.07, 6.45) is 3.89. The van der Waals surface area contributed by atoms with E-state index in [9.17, 15) is 5.11 Å². The molecular weight excluding hydrogens is 196 g/mol. The van der Waals surface area contributed by atoms with E-state index in [1.165, 1.54) is 0 Å². The van der Waals surface area contributed by atoms with Crippen LogP contribution in [0.2, 0.25) is 0 Å². The van der Waals surface area contributed by atoms with Gasteiger partial charge in [0.1, 0.15) is 5.75 Å². The molecule has 0 amide bonds. The highest BCUT2D eigenvalue weighted by molar-refractivity contribution is 7.97. The Labute approximate surface area is 88.9 Å². The van der Waals surface area contributed by atoms with E-state index < -0.39 is 0 Å². The van der Waals surface area contributed by atoms with Gasteiger partial charge in [-0.25, -0.2) is 0 Å². The van der Waals surface area contributed by atoms with Gasteiger partial charge in [-0.1, -0.05) is 0 Å². The minimum Gasteiger partial charge on any atom is -0.506 e. The monoisotopic (exact) mass is 212 g/mol. The Morgan fingerprint density at radius 1 is 1.57 bits per heavy atom. The van der Waals surface area contributed by atoms with Crippen molar-refractivity contribution in [2.45, 2.75) is 19.2 Å². The minimum atomic E-state index is 0.325. The zero-order chi connectivity index (χ0) is 10.6. The topological polar surface area (TPSA) is 45.2 Å². The molecule has 0 bridgehead atoms. The number of nitrogens with one attached hydrogen (secondary N) is 1. The zero-order valence-electron chi connectivity index (χ0n) is 8.79. The molecule has 0 aliphatic carbocycles. The third kappa shape index (κ3) is 2.39. The van der Waals surface area contributed by atoms with Gasteiger partial charge in [0.15, 0.2) is 0 Å². The van der Waals surface area contributed by atoms with Crippen molar-refractivity contribution < 1.29 is 5.11 Å². The lowest BCUT2D eigenvalue weighted by atomic mass is 10.1. The third-order valence-electron chi connectivity index (χ3n) is 2.08. The Kier molecular flexibility index (Phi) is 4.22. The fourth-order valence-electron chi connectivity index (χ4n) is 1.34. The summed E-state index contributed by atoms with van der Waals surface area (Å²) >= 11 is 1.73. The zero-order valence-corrected chi connectivity index (χ0v) is 9.61. The third-order valence-corrected chi connectivity index (χ3v) is 2.68. The van der Waals surface area contributed by atoms with Gasteiger partial charge in [0.25, 0.3) is 0 Å². The summed E-state index contributed by atoms with van der Waals surface area (Å²) in [5, 5.41) is 12.9. The van der Waals surface area contributed by atoms with E-state index in [-0.39, 0.29) is 0 Å². The Morgan fingerprint density at radius 2 is 2.29 bits per heavy atom. The van der Waals surface area contributed by atoms with Crippen LogP contribution in [0.15, 0.2) is 6.20 Å². The molecule has 2 N–H and O–H groups in total. The standard InChI is InChI=1S/C10H16N2OS/c1-7-10(13)9(5-11-2)8(4-12-7)6-14-3/h4,11,13H,5-6H2,1-3H3. The van der Waals surface area contributed by atoms with Crippen molar-refractivity contribution in [2.75, 3.05) is 13.3 Å². The molecule has 0 aliphatic rings. The van der Waals surface area contributed by atoms with E-state index >= 15 is 0 Å². The van der Waals surface area contributed by atoms with Gasteiger partial charge in [0, 0.05) is 24.1 Å². The average molecular weight is 212 g/mol. The van der Waals surface area contributed by atoms with Crippen molar-refractivity contribution in [3.8, 4) is 5.75 Å². The summed E-state index contributed by atoms with van der Waals surface area (Å²) in [7, 11) is 1.87. The van der Waals surface area contributed by atoms with E-state index in [0.717, 1.165) is 16.9 Å². The van der Waals surface area contributed by atoms with Gasteiger partial charge in [0.05, 0.1) is 5.69 Å². The molecule has 3 nitrogen and oxygen atoms in total. The van der Waals surface area contributed by atoms with Gasteiger partial charge in [-0.15, -0.1) is 0 Å². The lowest BCUT2D eigenvalue weighted by Crippen LogP contribution is -2.09. The number of hydrogen-bond acceptors (Lipinski definition) is 4. The maximum atomic E-state index is 9.82. The van der Waals surface area contributed by atoms with Crippen molar-refractivity contribution in [2.24, 2.45) is 0 Å². The molecule has 0 saturated carbocycles. The van der Waals surface area contributed by atoms with Crippen LogP contribution in [0.1, 0.15) is 16.8 Å². The molecule has 0 radical (unpaired) electrons. The van der Waals surface area contributed by atoms with Crippen LogP contribution in [-0.2, 0) is 12.3 Å². The predicted molar refractivity (Wildman–Crippen MR) is 60.6 cm³/mol. The van der Waals surface area contributed by atoms with Gasteiger partial charge in [0.2, 0.25) is 0 Å². The number of rotatable bonds is 4. The summed E-state index contributed by atoms with van der Waals surface area (Å²) in [6, 6.07) is 0. The van der Waals surface area contributed by atoms with Crippen molar-refractivity contribution in [1.82, 2.24) is 10.3 Å². The summed E-state index contributed by atoms with van der Waals surface area (Å²) in [6.45, 7) is 2.50. The van der Waals surface area contributed by atoms with Gasteiger partial charge < -0.3 is 10.4 Å². The second-order valence-corrected chi connectivity index (χ2v) is 4.03. The summed E-state index contributed by atoms with van der Waals surface area (Å²) in [5.74, 6) is 1.21. The molecular formula is C10H16N2OS. The van der Waals surface area contributed by atoms with E-state index in [4.69, 9.17) is 0 Å². The van der Waals surface area contributed by atoms with Crippen molar-refractivity contribution in [1.29, 1.82) is 0 Å². The minimum absolute atomic E-state index is 0.325. The number of aromatic hydroxyl groups is 1. The number of aromatic nitrogens is 1. The molecule has 0 aromatic carbocycles. The Bertz CT molecular complexity index is 315. The highest BCUT2D eigenvalue weighted by Gasteiger charge is 2.10. The van der Waals surface area contributed by atoms with Crippen LogP contribution in [0.4, 0.5) is 0 Å². The first-order valence-corrected chi connectivity index (χ1v) is 5.90. The van der Waals surface area contributed by atoms with Crippen LogP contribution in [0, 0.1) is 6.92 Å². The fourth-order valence-corrected chi connectivity index (χ4v) is 1.90. The van der Waals surface area contributed by atoms with Crippen molar-refractivity contribution >= 4 is 11.8 Å². The van der Waals surface area contributed by atoms with E-state index in [1.54, 1.807) is 11.8 Å². The quantitative estimate of drug-likeness (QED) is 0.797. The molecule has 4 heteroatoms. The second kappa shape index (κ2) is 5.22. The average Bonchev–Trinajstić information content (AvgIpc) is 2.18. The molecule has 0 fully saturated rings. The maximum absolute atomic E-state index is 9.82. The second-order valence-electron chi connectivity index (χ2n) is 3.16. The molecule has 1 rings (SSSR count). The Balaban J connectivity index is 3.08. The molecule has 1 heterocycles. The van der Waals surface area contributed by atoms with Crippen LogP contribution >= 0.6 is 11.8 Å². The molecule has 1 aromatic rings. The Hall–Kier alpha value is -0.740. The summed E-state index contributed by atoms with van der Waals surface area (Å²) in [5.41, 5.74) is 2.77. The molecule has 0 unspecified atom stereocenters. The highest BCUT2D eigenvalue weighted by atomic mass is 32.2. The number of aryl methyl sites for hydroxylation is 1. The number of thioether (sulfide) groups is 1. The van der Waals surface area contributed by atoms with Crippen LogP contribution in [-0.4, -0.2) is 23.4 Å². The molecule has 14 heavy (non-hydrogen) atoms. The van der Waals surface area contributed by atoms with E-state index in [1.807, 2.05) is 26.4 Å². The lowest BCUT2D eigenvalue weighted by Gasteiger charge is -2.11. The van der Waals surface area contributed by atoms with Crippen LogP contribution in [0.25, 0.3) is 0 Å². The number of nitrogens with zero attached hydrogens (tertiary/aromatic N) is 1. The van der Waals surface area contributed by atoms with Gasteiger partial charge >= 0.3 is 0 Å².